The van der Waals surface area contributed by atoms with Crippen LogP contribution in [0.5, 0.6) is 0 Å². The van der Waals surface area contributed by atoms with Crippen LogP contribution in [0.3, 0.4) is 0 Å². The third-order valence-electron chi connectivity index (χ3n) is 10.0. The molecular formula is C38H46F2N8O4. The van der Waals surface area contributed by atoms with E-state index in [1.807, 2.05) is 51.1 Å². The van der Waals surface area contributed by atoms with Gasteiger partial charge in [0.15, 0.2) is 0 Å². The van der Waals surface area contributed by atoms with Gasteiger partial charge in [-0.25, -0.2) is 18.3 Å². The first-order chi connectivity index (χ1) is 24.7. The Labute approximate surface area is 302 Å². The van der Waals surface area contributed by atoms with E-state index >= 15 is 0 Å². The van der Waals surface area contributed by atoms with Crippen molar-refractivity contribution < 1.29 is 27.8 Å². The molecule has 0 unspecified atom stereocenters. The summed E-state index contributed by atoms with van der Waals surface area (Å²) in [5.74, 6) is -0.719. The number of carbonyl (C=O) groups is 2. The predicted molar refractivity (Wildman–Crippen MR) is 187 cm³/mol. The molecule has 12 nitrogen and oxygen atoms in total. The molecule has 2 aromatic carbocycles. The number of ether oxygens (including phenoxy) is 2. The van der Waals surface area contributed by atoms with Gasteiger partial charge in [0.05, 0.1) is 41.8 Å². The molecule has 2 fully saturated rings. The number of fused-ring (bicyclic) bond motifs is 1. The number of aryl methyl sites for hydroxylation is 1. The summed E-state index contributed by atoms with van der Waals surface area (Å²) in [6.07, 6.45) is 2.58. The van der Waals surface area contributed by atoms with E-state index in [1.165, 1.54) is 24.3 Å². The van der Waals surface area contributed by atoms with E-state index in [2.05, 4.69) is 15.2 Å². The van der Waals surface area contributed by atoms with Crippen LogP contribution in [-0.2, 0) is 29.0 Å². The highest BCUT2D eigenvalue weighted by Crippen LogP contribution is 2.42. The molecule has 0 saturated carbocycles. The lowest BCUT2D eigenvalue weighted by Gasteiger charge is -2.40. The lowest BCUT2D eigenvalue weighted by Crippen LogP contribution is -2.50. The molecule has 4 aromatic rings. The Hall–Kier alpha value is -4.69. The Morgan fingerprint density at radius 3 is 2.17 bits per heavy atom. The van der Waals surface area contributed by atoms with Crippen LogP contribution in [0, 0.1) is 11.6 Å². The van der Waals surface area contributed by atoms with Crippen LogP contribution in [0.2, 0.25) is 0 Å². The molecule has 14 heteroatoms. The standard InChI is InChI=1S/C38H46F2N8O4/c1-24-33(48(38(5,6)51-24)36(50)52-37(2,3)4)30-23-46(43-41-30)22-29-32(31-8-7-17-47(31)42-29)35(49)45-20-18-44(19-21-45)34(25-9-13-27(39)14-10-25)26-11-15-28(40)16-12-26/h9-16,23-24,33-34H,7-8,17-22H2,1-6H3/t24-,33+/m1/s1. The first-order valence-electron chi connectivity index (χ1n) is 17.9. The van der Waals surface area contributed by atoms with Gasteiger partial charge in [-0.1, -0.05) is 29.5 Å². The number of piperazine rings is 1. The molecule has 0 bridgehead atoms. The van der Waals surface area contributed by atoms with Crippen molar-refractivity contribution in [3.63, 3.8) is 0 Å². The number of nitrogens with zero attached hydrogens (tertiary/aromatic N) is 8. The van der Waals surface area contributed by atoms with Crippen molar-refractivity contribution in [3.05, 3.63) is 100 Å². The minimum Gasteiger partial charge on any atom is -0.444 e. The maximum absolute atomic E-state index is 14.3. The van der Waals surface area contributed by atoms with Gasteiger partial charge in [0.2, 0.25) is 0 Å². The Morgan fingerprint density at radius 1 is 0.962 bits per heavy atom. The highest BCUT2D eigenvalue weighted by atomic mass is 19.1. The number of halogens is 2. The van der Waals surface area contributed by atoms with Crippen LogP contribution in [0.25, 0.3) is 0 Å². The van der Waals surface area contributed by atoms with Gasteiger partial charge in [-0.05, 0) is 89.8 Å². The maximum Gasteiger partial charge on any atom is 0.413 e. The Bertz CT molecular complexity index is 1880. The van der Waals surface area contributed by atoms with Crippen molar-refractivity contribution in [2.75, 3.05) is 26.2 Å². The fraction of sp³-hybridized carbons (Fsp3) is 0.500. The lowest BCUT2D eigenvalue weighted by atomic mass is 9.96. The second-order valence-corrected chi connectivity index (χ2v) is 15.3. The predicted octanol–water partition coefficient (Wildman–Crippen LogP) is 5.73. The first-order valence-corrected chi connectivity index (χ1v) is 17.9. The zero-order valence-electron chi connectivity index (χ0n) is 30.6. The molecule has 52 heavy (non-hydrogen) atoms. The molecule has 5 heterocycles. The number of amides is 2. The van der Waals surface area contributed by atoms with Gasteiger partial charge in [-0.15, -0.1) is 5.10 Å². The van der Waals surface area contributed by atoms with E-state index in [4.69, 9.17) is 14.6 Å². The van der Waals surface area contributed by atoms with E-state index in [-0.39, 0.29) is 36.2 Å². The Balaban J connectivity index is 1.10. The van der Waals surface area contributed by atoms with Gasteiger partial charge in [0.25, 0.3) is 5.91 Å². The molecule has 3 aliphatic rings. The van der Waals surface area contributed by atoms with Crippen LogP contribution in [0.4, 0.5) is 13.6 Å². The van der Waals surface area contributed by atoms with Crippen LogP contribution in [0.15, 0.2) is 54.7 Å². The zero-order valence-corrected chi connectivity index (χ0v) is 30.6. The normalized spacial score (nSPS) is 20.5. The van der Waals surface area contributed by atoms with Crippen molar-refractivity contribution in [3.8, 4) is 0 Å². The summed E-state index contributed by atoms with van der Waals surface area (Å²) in [6.45, 7) is 14.1. The highest BCUT2D eigenvalue weighted by Gasteiger charge is 2.51. The lowest BCUT2D eigenvalue weighted by molar-refractivity contribution is -0.0757. The Kier molecular flexibility index (Phi) is 9.40. The summed E-state index contributed by atoms with van der Waals surface area (Å²) in [5.41, 5.74) is 2.87. The van der Waals surface area contributed by atoms with Gasteiger partial charge in [0.1, 0.15) is 34.7 Å². The van der Waals surface area contributed by atoms with Crippen LogP contribution < -0.4 is 0 Å². The fourth-order valence-electron chi connectivity index (χ4n) is 7.81. The summed E-state index contributed by atoms with van der Waals surface area (Å²) < 4.78 is 43.2. The summed E-state index contributed by atoms with van der Waals surface area (Å²) in [6, 6.07) is 12.0. The van der Waals surface area contributed by atoms with Crippen LogP contribution >= 0.6 is 0 Å². The largest absolute Gasteiger partial charge is 0.444 e. The SMILES string of the molecule is C[C@H]1OC(C)(C)N(C(=O)OC(C)(C)C)[C@@H]1c1cn(Cc2nn3c(c2C(=O)N2CCN(C(c4ccc(F)cc4)c4ccc(F)cc4)CC2)CCC3)nn1. The molecule has 2 saturated heterocycles. The van der Waals surface area contributed by atoms with Crippen molar-refractivity contribution in [1.29, 1.82) is 0 Å². The summed E-state index contributed by atoms with van der Waals surface area (Å²) in [7, 11) is 0. The average Bonchev–Trinajstić information content (AvgIpc) is 3.85. The minimum atomic E-state index is -0.928. The van der Waals surface area contributed by atoms with E-state index in [9.17, 15) is 18.4 Å². The van der Waals surface area contributed by atoms with Crippen molar-refractivity contribution in [2.45, 2.75) is 97.0 Å². The van der Waals surface area contributed by atoms with Gasteiger partial charge in [-0.2, -0.15) is 5.10 Å². The number of aromatic nitrogens is 5. The molecule has 0 aliphatic carbocycles. The second-order valence-electron chi connectivity index (χ2n) is 15.3. The quantitative estimate of drug-likeness (QED) is 0.239. The number of hydrogen-bond acceptors (Lipinski definition) is 8. The second kappa shape index (κ2) is 13.7. The molecule has 0 spiro atoms. The minimum absolute atomic E-state index is 0.0751. The van der Waals surface area contributed by atoms with E-state index in [1.54, 1.807) is 40.0 Å². The third kappa shape index (κ3) is 7.05. The van der Waals surface area contributed by atoms with Crippen LogP contribution in [-0.4, -0.2) is 95.1 Å². The molecule has 276 valence electrons. The maximum atomic E-state index is 14.3. The molecule has 7 rings (SSSR count). The highest BCUT2D eigenvalue weighted by molar-refractivity contribution is 5.96. The molecular weight excluding hydrogens is 670 g/mol. The van der Waals surface area contributed by atoms with Crippen molar-refractivity contribution in [1.82, 2.24) is 39.5 Å². The number of hydrogen-bond donors (Lipinski definition) is 0. The average molecular weight is 717 g/mol. The van der Waals surface area contributed by atoms with Crippen LogP contribution in [0.1, 0.15) is 98.6 Å². The fourth-order valence-corrected chi connectivity index (χ4v) is 7.81. The number of benzene rings is 2. The number of carbonyl (C=O) groups excluding carboxylic acids is 2. The summed E-state index contributed by atoms with van der Waals surface area (Å²) >= 11 is 0. The van der Waals surface area contributed by atoms with E-state index in [0.29, 0.717) is 43.1 Å². The Morgan fingerprint density at radius 2 is 1.58 bits per heavy atom. The molecule has 0 N–H and O–H groups in total. The third-order valence-corrected chi connectivity index (χ3v) is 10.0. The van der Waals surface area contributed by atoms with E-state index in [0.717, 1.165) is 36.2 Å². The first kappa shape index (κ1) is 35.7. The van der Waals surface area contributed by atoms with Crippen molar-refractivity contribution >= 4 is 12.0 Å². The van der Waals surface area contributed by atoms with Gasteiger partial charge in [0, 0.05) is 32.7 Å². The number of rotatable bonds is 7. The van der Waals surface area contributed by atoms with Gasteiger partial charge in [-0.3, -0.25) is 19.3 Å². The topological polar surface area (TPSA) is 111 Å². The summed E-state index contributed by atoms with van der Waals surface area (Å²) in [5, 5.41) is 13.7. The smallest absolute Gasteiger partial charge is 0.413 e. The zero-order chi connectivity index (χ0) is 36.9. The van der Waals surface area contributed by atoms with Gasteiger partial charge < -0.3 is 14.4 Å². The molecule has 2 aromatic heterocycles. The monoisotopic (exact) mass is 716 g/mol. The van der Waals surface area contributed by atoms with Gasteiger partial charge >= 0.3 is 6.09 Å². The molecule has 0 radical (unpaired) electrons. The summed E-state index contributed by atoms with van der Waals surface area (Å²) in [4.78, 5) is 33.4. The van der Waals surface area contributed by atoms with E-state index < -0.39 is 23.5 Å². The van der Waals surface area contributed by atoms with Crippen molar-refractivity contribution in [2.24, 2.45) is 0 Å². The molecule has 2 atom stereocenters. The molecule has 2 amide bonds. The molecule has 3 aliphatic heterocycles.